The lowest BCUT2D eigenvalue weighted by molar-refractivity contribution is -0.137. The van der Waals surface area contributed by atoms with Gasteiger partial charge >= 0.3 is 5.97 Å². The Hall–Kier alpha value is -2.03. The molecule has 100 valence electrons. The lowest BCUT2D eigenvalue weighted by Gasteiger charge is -2.19. The van der Waals surface area contributed by atoms with Crippen molar-refractivity contribution in [2.24, 2.45) is 0 Å². The summed E-state index contributed by atoms with van der Waals surface area (Å²) in [4.78, 5) is 10.8. The van der Waals surface area contributed by atoms with Gasteiger partial charge in [0.05, 0.1) is 6.04 Å². The minimum Gasteiger partial charge on any atom is -0.481 e. The molecule has 2 rings (SSSR count). The minimum atomic E-state index is -0.748. The first-order valence-electron chi connectivity index (χ1n) is 6.63. The van der Waals surface area contributed by atoms with Gasteiger partial charge in [-0.3, -0.25) is 4.79 Å². The number of hydrogen-bond acceptors (Lipinski definition) is 1. The summed E-state index contributed by atoms with van der Waals surface area (Å²) in [7, 11) is 0. The van der Waals surface area contributed by atoms with E-state index in [1.165, 1.54) is 5.56 Å². The van der Waals surface area contributed by atoms with Crippen molar-refractivity contribution in [3.63, 3.8) is 0 Å². The van der Waals surface area contributed by atoms with E-state index in [2.05, 4.69) is 35.8 Å². The highest BCUT2D eigenvalue weighted by molar-refractivity contribution is 5.66. The third kappa shape index (κ3) is 3.47. The second-order valence-electron chi connectivity index (χ2n) is 4.67. The first kappa shape index (κ1) is 13.4. The zero-order valence-corrected chi connectivity index (χ0v) is 11.1. The van der Waals surface area contributed by atoms with Gasteiger partial charge in [0.2, 0.25) is 0 Å². The number of carbonyl (C=O) groups is 1. The third-order valence-electron chi connectivity index (χ3n) is 3.39. The maximum atomic E-state index is 10.8. The van der Waals surface area contributed by atoms with Crippen molar-refractivity contribution in [1.82, 2.24) is 4.57 Å². The predicted molar refractivity (Wildman–Crippen MR) is 75.3 cm³/mol. The molecule has 1 aromatic heterocycles. The lowest BCUT2D eigenvalue weighted by atomic mass is 10.00. The molecule has 0 aliphatic heterocycles. The van der Waals surface area contributed by atoms with Crippen molar-refractivity contribution in [3.05, 3.63) is 59.9 Å². The second kappa shape index (κ2) is 6.23. The van der Waals surface area contributed by atoms with Crippen LogP contribution in [0.1, 0.15) is 36.9 Å². The molecule has 0 saturated heterocycles. The number of hydrogen-bond donors (Lipinski definition) is 1. The van der Waals surface area contributed by atoms with Crippen LogP contribution in [-0.4, -0.2) is 15.6 Å². The molecule has 0 radical (unpaired) electrons. The molecule has 0 spiro atoms. The van der Waals surface area contributed by atoms with Gasteiger partial charge < -0.3 is 9.67 Å². The van der Waals surface area contributed by atoms with Crippen LogP contribution < -0.4 is 0 Å². The van der Waals surface area contributed by atoms with Crippen molar-refractivity contribution < 1.29 is 9.90 Å². The number of aliphatic carboxylic acids is 1. The highest BCUT2D eigenvalue weighted by Gasteiger charge is 2.14. The van der Waals surface area contributed by atoms with E-state index in [4.69, 9.17) is 5.11 Å². The van der Waals surface area contributed by atoms with Crippen LogP contribution in [0.5, 0.6) is 0 Å². The van der Waals surface area contributed by atoms with Crippen LogP contribution in [0.15, 0.2) is 48.8 Å². The summed E-state index contributed by atoms with van der Waals surface area (Å²) >= 11 is 0. The Kier molecular flexibility index (Phi) is 4.39. The zero-order chi connectivity index (χ0) is 13.7. The molecule has 3 nitrogen and oxygen atoms in total. The van der Waals surface area contributed by atoms with Gasteiger partial charge in [-0.25, -0.2) is 0 Å². The van der Waals surface area contributed by atoms with Crippen molar-refractivity contribution in [3.8, 4) is 0 Å². The van der Waals surface area contributed by atoms with Crippen molar-refractivity contribution in [1.29, 1.82) is 0 Å². The molecule has 1 unspecified atom stereocenters. The van der Waals surface area contributed by atoms with Gasteiger partial charge in [0, 0.05) is 18.8 Å². The maximum Gasteiger partial charge on any atom is 0.303 e. The van der Waals surface area contributed by atoms with Crippen molar-refractivity contribution in [2.75, 3.05) is 0 Å². The summed E-state index contributed by atoms with van der Waals surface area (Å²) in [6.07, 6.45) is 5.78. The first-order valence-corrected chi connectivity index (χ1v) is 6.63. The van der Waals surface area contributed by atoms with E-state index < -0.39 is 5.97 Å². The molecule has 2 aromatic rings. The smallest absolute Gasteiger partial charge is 0.303 e. The lowest BCUT2D eigenvalue weighted by Crippen LogP contribution is -2.11. The van der Waals surface area contributed by atoms with Crippen LogP contribution in [0.3, 0.4) is 0 Å². The highest BCUT2D eigenvalue weighted by Crippen LogP contribution is 2.24. The summed E-state index contributed by atoms with van der Waals surface area (Å²) < 4.78 is 2.07. The molecule has 1 aromatic carbocycles. The highest BCUT2D eigenvalue weighted by atomic mass is 16.4. The normalized spacial score (nSPS) is 12.3. The molecule has 0 aliphatic carbocycles. The molecule has 3 heteroatoms. The van der Waals surface area contributed by atoms with Gasteiger partial charge in [-0.05, 0) is 36.1 Å². The number of carboxylic acids is 1. The number of nitrogens with zero attached hydrogens (tertiary/aromatic N) is 1. The molecule has 19 heavy (non-hydrogen) atoms. The van der Waals surface area contributed by atoms with Gasteiger partial charge in [0.15, 0.2) is 0 Å². The molecule has 1 atom stereocenters. The van der Waals surface area contributed by atoms with E-state index in [1.807, 2.05) is 24.5 Å². The Labute approximate surface area is 113 Å². The van der Waals surface area contributed by atoms with Gasteiger partial charge in [-0.2, -0.15) is 0 Å². The molecule has 0 fully saturated rings. The Bertz CT molecular complexity index is 514. The fraction of sp³-hybridized carbons (Fsp3) is 0.312. The number of benzene rings is 1. The summed E-state index contributed by atoms with van der Waals surface area (Å²) in [6.45, 7) is 2.13. The van der Waals surface area contributed by atoms with Crippen LogP contribution in [0, 0.1) is 0 Å². The second-order valence-corrected chi connectivity index (χ2v) is 4.67. The molecule has 0 bridgehead atoms. The molecule has 0 aliphatic rings. The van der Waals surface area contributed by atoms with Gasteiger partial charge in [-0.1, -0.05) is 31.2 Å². The maximum absolute atomic E-state index is 10.8. The summed E-state index contributed by atoms with van der Waals surface area (Å²) in [6, 6.07) is 12.5. The number of aromatic nitrogens is 1. The topological polar surface area (TPSA) is 42.2 Å². The SMILES string of the molecule is CCc1ccc(C(CCC(=O)O)n2cccc2)cc1. The van der Waals surface area contributed by atoms with Crippen molar-refractivity contribution in [2.45, 2.75) is 32.2 Å². The Morgan fingerprint density at radius 1 is 1.21 bits per heavy atom. The van der Waals surface area contributed by atoms with Gasteiger partial charge in [0.1, 0.15) is 0 Å². The van der Waals surface area contributed by atoms with E-state index in [-0.39, 0.29) is 12.5 Å². The van der Waals surface area contributed by atoms with Crippen molar-refractivity contribution >= 4 is 5.97 Å². The fourth-order valence-corrected chi connectivity index (χ4v) is 2.28. The Balaban J connectivity index is 2.23. The largest absolute Gasteiger partial charge is 0.481 e. The molecular weight excluding hydrogens is 238 g/mol. The average Bonchev–Trinajstić information content (AvgIpc) is 2.93. The van der Waals surface area contributed by atoms with E-state index in [9.17, 15) is 4.79 Å². The monoisotopic (exact) mass is 257 g/mol. The van der Waals surface area contributed by atoms with E-state index in [0.29, 0.717) is 6.42 Å². The van der Waals surface area contributed by atoms with E-state index in [0.717, 1.165) is 12.0 Å². The Morgan fingerprint density at radius 2 is 1.84 bits per heavy atom. The summed E-state index contributed by atoms with van der Waals surface area (Å²) in [5.74, 6) is -0.748. The van der Waals surface area contributed by atoms with Crippen LogP contribution in [0.2, 0.25) is 0 Å². The standard InChI is InChI=1S/C16H19NO2/c1-2-13-5-7-14(8-6-13)15(9-10-16(18)19)17-11-3-4-12-17/h3-8,11-12,15H,2,9-10H2,1H3,(H,18,19). The molecule has 0 amide bonds. The zero-order valence-electron chi connectivity index (χ0n) is 11.1. The predicted octanol–water partition coefficient (Wildman–Crippen LogP) is 3.50. The molecular formula is C16H19NO2. The van der Waals surface area contributed by atoms with Gasteiger partial charge in [0.25, 0.3) is 0 Å². The molecule has 1 heterocycles. The fourth-order valence-electron chi connectivity index (χ4n) is 2.28. The number of carboxylic acid groups (broad SMARTS) is 1. The third-order valence-corrected chi connectivity index (χ3v) is 3.39. The minimum absolute atomic E-state index is 0.0945. The summed E-state index contributed by atoms with van der Waals surface area (Å²) in [5, 5.41) is 8.88. The van der Waals surface area contributed by atoms with E-state index in [1.54, 1.807) is 0 Å². The van der Waals surface area contributed by atoms with Crippen LogP contribution in [-0.2, 0) is 11.2 Å². The van der Waals surface area contributed by atoms with Gasteiger partial charge in [-0.15, -0.1) is 0 Å². The molecule has 1 N–H and O–H groups in total. The van der Waals surface area contributed by atoms with E-state index >= 15 is 0 Å². The molecule has 0 saturated carbocycles. The number of rotatable bonds is 6. The van der Waals surface area contributed by atoms with Crippen LogP contribution >= 0.6 is 0 Å². The Morgan fingerprint density at radius 3 is 2.37 bits per heavy atom. The quantitative estimate of drug-likeness (QED) is 0.860. The van der Waals surface area contributed by atoms with Crippen LogP contribution in [0.25, 0.3) is 0 Å². The first-order chi connectivity index (χ1) is 9.20. The number of aryl methyl sites for hydroxylation is 1. The van der Waals surface area contributed by atoms with Crippen LogP contribution in [0.4, 0.5) is 0 Å². The average molecular weight is 257 g/mol. The summed E-state index contributed by atoms with van der Waals surface area (Å²) in [5.41, 5.74) is 2.46.